The van der Waals surface area contributed by atoms with Crippen molar-refractivity contribution in [2.75, 3.05) is 7.11 Å². The number of hydrogen-bond donors (Lipinski definition) is 1. The predicted octanol–water partition coefficient (Wildman–Crippen LogP) is 1.36. The quantitative estimate of drug-likeness (QED) is 0.855. The van der Waals surface area contributed by atoms with Crippen LogP contribution in [-0.4, -0.2) is 28.3 Å². The fourth-order valence-corrected chi connectivity index (χ4v) is 1.32. The van der Waals surface area contributed by atoms with Crippen molar-refractivity contribution in [3.8, 4) is 11.5 Å². The highest BCUT2D eigenvalue weighted by Crippen LogP contribution is 2.28. The van der Waals surface area contributed by atoms with Gasteiger partial charge in [0.2, 0.25) is 0 Å². The van der Waals surface area contributed by atoms with Crippen LogP contribution < -0.4 is 9.47 Å². The number of ether oxygens (including phenoxy) is 2. The van der Waals surface area contributed by atoms with Crippen molar-refractivity contribution < 1.29 is 23.9 Å². The van der Waals surface area contributed by atoms with Gasteiger partial charge in [-0.2, -0.15) is 4.98 Å². The lowest BCUT2D eigenvalue weighted by Gasteiger charge is -2.09. The molecular formula is C11H10N2O5. The Kier molecular flexibility index (Phi) is 3.42. The standard InChI is InChI=1S/C11H10N2O5/c1-16-8-3-2-7(11(14)15)4-9(8)17-5-10-12-6-13-18-10/h2-4,6H,5H2,1H3,(H,14,15). The average molecular weight is 250 g/mol. The van der Waals surface area contributed by atoms with E-state index < -0.39 is 5.97 Å². The van der Waals surface area contributed by atoms with Gasteiger partial charge in [-0.3, -0.25) is 0 Å². The summed E-state index contributed by atoms with van der Waals surface area (Å²) in [6.07, 6.45) is 1.25. The smallest absolute Gasteiger partial charge is 0.335 e. The molecule has 0 radical (unpaired) electrons. The summed E-state index contributed by atoms with van der Waals surface area (Å²) in [6.45, 7) is 0.0411. The van der Waals surface area contributed by atoms with Crippen LogP contribution in [0.5, 0.6) is 11.5 Å². The van der Waals surface area contributed by atoms with Crippen LogP contribution in [-0.2, 0) is 6.61 Å². The molecule has 2 rings (SSSR count). The summed E-state index contributed by atoms with van der Waals surface area (Å²) in [5, 5.41) is 12.3. The second-order valence-corrected chi connectivity index (χ2v) is 3.29. The third-order valence-electron chi connectivity index (χ3n) is 2.17. The van der Waals surface area contributed by atoms with E-state index in [1.165, 1.54) is 31.6 Å². The molecule has 0 saturated heterocycles. The summed E-state index contributed by atoms with van der Waals surface area (Å²) < 4.78 is 15.2. The van der Waals surface area contributed by atoms with Gasteiger partial charge in [0.25, 0.3) is 5.89 Å². The maximum absolute atomic E-state index is 10.8. The Balaban J connectivity index is 2.18. The highest BCUT2D eigenvalue weighted by molar-refractivity contribution is 5.88. The molecule has 7 nitrogen and oxygen atoms in total. The van der Waals surface area contributed by atoms with Gasteiger partial charge in [0.05, 0.1) is 12.7 Å². The molecule has 0 aliphatic carbocycles. The van der Waals surface area contributed by atoms with E-state index in [1.54, 1.807) is 0 Å². The Morgan fingerprint density at radius 2 is 2.28 bits per heavy atom. The molecule has 0 spiro atoms. The van der Waals surface area contributed by atoms with Crippen molar-refractivity contribution in [2.45, 2.75) is 6.61 Å². The second-order valence-electron chi connectivity index (χ2n) is 3.29. The van der Waals surface area contributed by atoms with Gasteiger partial charge < -0.3 is 19.1 Å². The maximum atomic E-state index is 10.8. The molecule has 0 unspecified atom stereocenters. The summed E-state index contributed by atoms with van der Waals surface area (Å²) in [5.41, 5.74) is 0.108. The molecule has 0 bridgehead atoms. The van der Waals surface area contributed by atoms with E-state index in [0.29, 0.717) is 11.5 Å². The van der Waals surface area contributed by atoms with E-state index in [4.69, 9.17) is 19.1 Å². The zero-order chi connectivity index (χ0) is 13.0. The van der Waals surface area contributed by atoms with E-state index in [0.717, 1.165) is 0 Å². The molecular weight excluding hydrogens is 240 g/mol. The summed E-state index contributed by atoms with van der Waals surface area (Å²) >= 11 is 0. The number of carboxylic acid groups (broad SMARTS) is 1. The van der Waals surface area contributed by atoms with Crippen LogP contribution in [0.1, 0.15) is 16.2 Å². The number of nitrogens with zero attached hydrogens (tertiary/aromatic N) is 2. The number of carbonyl (C=O) groups is 1. The fourth-order valence-electron chi connectivity index (χ4n) is 1.32. The van der Waals surface area contributed by atoms with Crippen molar-refractivity contribution >= 4 is 5.97 Å². The Morgan fingerprint density at radius 3 is 2.89 bits per heavy atom. The van der Waals surface area contributed by atoms with Crippen molar-refractivity contribution in [2.24, 2.45) is 0 Å². The second kappa shape index (κ2) is 5.17. The first-order chi connectivity index (χ1) is 8.70. The van der Waals surface area contributed by atoms with Gasteiger partial charge in [-0.1, -0.05) is 5.16 Å². The molecule has 0 aliphatic heterocycles. The summed E-state index contributed by atoms with van der Waals surface area (Å²) in [6, 6.07) is 4.32. The van der Waals surface area contributed by atoms with Crippen LogP contribution >= 0.6 is 0 Å². The molecule has 7 heteroatoms. The minimum atomic E-state index is -1.04. The van der Waals surface area contributed by atoms with Gasteiger partial charge in [0.1, 0.15) is 0 Å². The lowest BCUT2D eigenvalue weighted by Crippen LogP contribution is -2.01. The summed E-state index contributed by atoms with van der Waals surface area (Å²) in [4.78, 5) is 14.6. The van der Waals surface area contributed by atoms with Gasteiger partial charge in [0, 0.05) is 0 Å². The summed E-state index contributed by atoms with van der Waals surface area (Å²) in [5.74, 6) is -0.0202. The number of aromatic nitrogens is 2. The minimum absolute atomic E-state index is 0.0411. The fraction of sp³-hybridized carbons (Fsp3) is 0.182. The molecule has 1 N–H and O–H groups in total. The molecule has 1 heterocycles. The Bertz CT molecular complexity index is 538. The summed E-state index contributed by atoms with van der Waals surface area (Å²) in [7, 11) is 1.47. The van der Waals surface area contributed by atoms with Gasteiger partial charge >= 0.3 is 5.97 Å². The third-order valence-corrected chi connectivity index (χ3v) is 2.17. The minimum Gasteiger partial charge on any atom is -0.493 e. The number of benzene rings is 1. The van der Waals surface area contributed by atoms with E-state index in [1.807, 2.05) is 0 Å². The van der Waals surface area contributed by atoms with Crippen LogP contribution in [0.25, 0.3) is 0 Å². The highest BCUT2D eigenvalue weighted by Gasteiger charge is 2.11. The number of carboxylic acids is 1. The van der Waals surface area contributed by atoms with E-state index in [-0.39, 0.29) is 18.1 Å². The maximum Gasteiger partial charge on any atom is 0.335 e. The zero-order valence-corrected chi connectivity index (χ0v) is 9.49. The van der Waals surface area contributed by atoms with Crippen LogP contribution in [0.4, 0.5) is 0 Å². The molecule has 0 atom stereocenters. The van der Waals surface area contributed by atoms with Crippen LogP contribution in [0.15, 0.2) is 29.0 Å². The van der Waals surface area contributed by atoms with Gasteiger partial charge in [-0.25, -0.2) is 4.79 Å². The largest absolute Gasteiger partial charge is 0.493 e. The number of rotatable bonds is 5. The van der Waals surface area contributed by atoms with Gasteiger partial charge in [-0.05, 0) is 18.2 Å². The lowest BCUT2D eigenvalue weighted by atomic mass is 10.2. The number of methoxy groups -OCH3 is 1. The molecule has 0 amide bonds. The number of aromatic carboxylic acids is 1. The molecule has 94 valence electrons. The molecule has 1 aromatic carbocycles. The first kappa shape index (κ1) is 11.9. The van der Waals surface area contributed by atoms with Crippen molar-refractivity contribution in [3.63, 3.8) is 0 Å². The zero-order valence-electron chi connectivity index (χ0n) is 9.49. The van der Waals surface area contributed by atoms with Crippen LogP contribution in [0.3, 0.4) is 0 Å². The Hall–Kier alpha value is -2.57. The topological polar surface area (TPSA) is 94.7 Å². The van der Waals surface area contributed by atoms with Crippen LogP contribution in [0.2, 0.25) is 0 Å². The number of hydrogen-bond acceptors (Lipinski definition) is 6. The third kappa shape index (κ3) is 2.57. The van der Waals surface area contributed by atoms with Crippen molar-refractivity contribution in [1.29, 1.82) is 0 Å². The van der Waals surface area contributed by atoms with E-state index in [2.05, 4.69) is 10.1 Å². The van der Waals surface area contributed by atoms with E-state index in [9.17, 15) is 4.79 Å². The van der Waals surface area contributed by atoms with Crippen molar-refractivity contribution in [3.05, 3.63) is 36.0 Å². The monoisotopic (exact) mass is 250 g/mol. The normalized spacial score (nSPS) is 10.1. The molecule has 1 aromatic heterocycles. The first-order valence-corrected chi connectivity index (χ1v) is 5.00. The molecule has 18 heavy (non-hydrogen) atoms. The first-order valence-electron chi connectivity index (χ1n) is 5.00. The highest BCUT2D eigenvalue weighted by atomic mass is 16.5. The van der Waals surface area contributed by atoms with Crippen molar-refractivity contribution in [1.82, 2.24) is 10.1 Å². The van der Waals surface area contributed by atoms with Gasteiger partial charge in [0.15, 0.2) is 24.4 Å². The van der Waals surface area contributed by atoms with Gasteiger partial charge in [-0.15, -0.1) is 0 Å². The van der Waals surface area contributed by atoms with E-state index >= 15 is 0 Å². The molecule has 0 saturated carbocycles. The predicted molar refractivity (Wildman–Crippen MR) is 58.6 cm³/mol. The molecule has 0 fully saturated rings. The van der Waals surface area contributed by atoms with Crippen LogP contribution in [0, 0.1) is 0 Å². The molecule has 2 aromatic rings. The average Bonchev–Trinajstić information content (AvgIpc) is 2.89. The Labute approximate surface area is 102 Å². The Morgan fingerprint density at radius 1 is 1.44 bits per heavy atom. The lowest BCUT2D eigenvalue weighted by molar-refractivity contribution is 0.0696. The molecule has 0 aliphatic rings. The SMILES string of the molecule is COc1ccc(C(=O)O)cc1OCc1ncno1.